The topological polar surface area (TPSA) is 104 Å². The average Bonchev–Trinajstić information content (AvgIpc) is 3.03. The lowest BCUT2D eigenvalue weighted by Crippen LogP contribution is -2.10. The normalized spacial score (nSPS) is 10.4. The molecule has 0 bridgehead atoms. The number of nitrogens with two attached hydrogens (primary N) is 1. The fourth-order valence-electron chi connectivity index (χ4n) is 1.82. The van der Waals surface area contributed by atoms with Gasteiger partial charge in [0.2, 0.25) is 11.7 Å². The molecule has 2 aromatic heterocycles. The van der Waals surface area contributed by atoms with Crippen LogP contribution in [0.25, 0.3) is 11.4 Å². The molecular weight excluding hydrogens is 284 g/mol. The molecule has 2 heterocycles. The van der Waals surface area contributed by atoms with Crippen molar-refractivity contribution in [1.29, 1.82) is 0 Å². The van der Waals surface area contributed by atoms with E-state index >= 15 is 0 Å². The van der Waals surface area contributed by atoms with Crippen molar-refractivity contribution in [2.45, 2.75) is 6.61 Å². The Kier molecular flexibility index (Phi) is 3.78. The van der Waals surface area contributed by atoms with Crippen molar-refractivity contribution < 1.29 is 14.1 Å². The summed E-state index contributed by atoms with van der Waals surface area (Å²) in [6.07, 6.45) is 3.30. The first-order chi connectivity index (χ1) is 10.7. The number of carbonyl (C=O) groups excluding carboxylic acids is 1. The smallest absolute Gasteiger partial charge is 0.264 e. The molecule has 22 heavy (non-hydrogen) atoms. The number of aromatic nitrogens is 3. The Morgan fingerprint density at radius 1 is 1.23 bits per heavy atom. The Hall–Kier alpha value is -3.22. The van der Waals surface area contributed by atoms with Gasteiger partial charge in [-0.2, -0.15) is 4.98 Å². The first kappa shape index (κ1) is 13.7. The van der Waals surface area contributed by atoms with Crippen LogP contribution in [0, 0.1) is 0 Å². The lowest BCUT2D eigenvalue weighted by Gasteiger charge is -2.03. The Morgan fingerprint density at radius 2 is 2.05 bits per heavy atom. The summed E-state index contributed by atoms with van der Waals surface area (Å²) in [6.45, 7) is 0.0975. The Labute approximate surface area is 125 Å². The molecule has 0 radical (unpaired) electrons. The quantitative estimate of drug-likeness (QED) is 0.770. The largest absolute Gasteiger partial charge is 0.484 e. The monoisotopic (exact) mass is 296 g/mol. The van der Waals surface area contributed by atoms with Crippen LogP contribution in [0.4, 0.5) is 0 Å². The molecule has 0 saturated heterocycles. The van der Waals surface area contributed by atoms with E-state index in [4.69, 9.17) is 15.0 Å². The van der Waals surface area contributed by atoms with Crippen molar-refractivity contribution in [3.8, 4) is 17.1 Å². The van der Waals surface area contributed by atoms with Gasteiger partial charge in [0.25, 0.3) is 5.89 Å². The highest BCUT2D eigenvalue weighted by Crippen LogP contribution is 2.17. The number of primary amides is 1. The second-order valence-electron chi connectivity index (χ2n) is 4.43. The zero-order valence-electron chi connectivity index (χ0n) is 11.5. The number of nitrogens with zero attached hydrogens (tertiary/aromatic N) is 3. The van der Waals surface area contributed by atoms with Gasteiger partial charge < -0.3 is 15.0 Å². The molecule has 3 rings (SSSR count). The van der Waals surface area contributed by atoms with E-state index in [0.29, 0.717) is 23.0 Å². The highest BCUT2D eigenvalue weighted by molar-refractivity contribution is 5.93. The molecule has 7 heteroatoms. The Morgan fingerprint density at radius 3 is 2.82 bits per heavy atom. The third kappa shape index (κ3) is 3.09. The van der Waals surface area contributed by atoms with Gasteiger partial charge in [-0.15, -0.1) is 0 Å². The van der Waals surface area contributed by atoms with Crippen molar-refractivity contribution in [3.63, 3.8) is 0 Å². The summed E-state index contributed by atoms with van der Waals surface area (Å²) in [6, 6.07) is 10.1. The van der Waals surface area contributed by atoms with Crippen molar-refractivity contribution in [2.24, 2.45) is 5.73 Å². The maximum atomic E-state index is 11.1. The van der Waals surface area contributed by atoms with E-state index in [-0.39, 0.29) is 6.61 Å². The van der Waals surface area contributed by atoms with Crippen LogP contribution < -0.4 is 10.5 Å². The molecular formula is C15H12N4O3. The summed E-state index contributed by atoms with van der Waals surface area (Å²) in [4.78, 5) is 19.3. The molecule has 110 valence electrons. The predicted octanol–water partition coefficient (Wildman–Crippen LogP) is 1.81. The lowest BCUT2D eigenvalue weighted by molar-refractivity contribution is 0.1000. The van der Waals surface area contributed by atoms with Crippen LogP contribution in [0.3, 0.4) is 0 Å². The van der Waals surface area contributed by atoms with E-state index in [0.717, 1.165) is 5.56 Å². The lowest BCUT2D eigenvalue weighted by atomic mass is 10.2. The summed E-state index contributed by atoms with van der Waals surface area (Å²) in [7, 11) is 0. The average molecular weight is 296 g/mol. The summed E-state index contributed by atoms with van der Waals surface area (Å²) in [5, 5.41) is 3.88. The molecule has 1 amide bonds. The summed E-state index contributed by atoms with van der Waals surface area (Å²) >= 11 is 0. The first-order valence-corrected chi connectivity index (χ1v) is 6.48. The molecule has 0 aliphatic rings. The van der Waals surface area contributed by atoms with E-state index in [1.54, 1.807) is 48.8 Å². The second kappa shape index (κ2) is 6.04. The van der Waals surface area contributed by atoms with Crippen LogP contribution in [-0.4, -0.2) is 21.0 Å². The number of hydrogen-bond donors (Lipinski definition) is 1. The maximum absolute atomic E-state index is 11.1. The molecule has 0 aliphatic carbocycles. The third-order valence-corrected chi connectivity index (χ3v) is 2.89. The SMILES string of the molecule is NC(=O)c1cccc(OCc2nc(-c3ccncc3)no2)c1. The van der Waals surface area contributed by atoms with Crippen molar-refractivity contribution >= 4 is 5.91 Å². The van der Waals surface area contributed by atoms with Gasteiger partial charge in [0, 0.05) is 23.5 Å². The first-order valence-electron chi connectivity index (χ1n) is 6.48. The van der Waals surface area contributed by atoms with Gasteiger partial charge in [-0.05, 0) is 30.3 Å². The van der Waals surface area contributed by atoms with Gasteiger partial charge in [0.05, 0.1) is 0 Å². The van der Waals surface area contributed by atoms with Crippen LogP contribution in [0.2, 0.25) is 0 Å². The zero-order valence-corrected chi connectivity index (χ0v) is 11.5. The number of ether oxygens (including phenoxy) is 1. The summed E-state index contributed by atoms with van der Waals surface area (Å²) in [5.74, 6) is 0.784. The molecule has 0 unspecified atom stereocenters. The number of rotatable bonds is 5. The van der Waals surface area contributed by atoms with Gasteiger partial charge in [-0.1, -0.05) is 11.2 Å². The van der Waals surface area contributed by atoms with Gasteiger partial charge in [-0.25, -0.2) is 0 Å². The van der Waals surface area contributed by atoms with E-state index in [1.165, 1.54) is 0 Å². The minimum absolute atomic E-state index is 0.0975. The number of carbonyl (C=O) groups is 1. The van der Waals surface area contributed by atoms with Crippen LogP contribution in [0.15, 0.2) is 53.3 Å². The van der Waals surface area contributed by atoms with E-state index in [2.05, 4.69) is 15.1 Å². The van der Waals surface area contributed by atoms with Crippen LogP contribution in [-0.2, 0) is 6.61 Å². The molecule has 2 N–H and O–H groups in total. The van der Waals surface area contributed by atoms with E-state index in [9.17, 15) is 4.79 Å². The summed E-state index contributed by atoms with van der Waals surface area (Å²) in [5.41, 5.74) is 6.40. The standard InChI is InChI=1S/C15H12N4O3/c16-14(20)11-2-1-3-12(8-11)21-9-13-18-15(19-22-13)10-4-6-17-7-5-10/h1-8H,9H2,(H2,16,20). The second-order valence-corrected chi connectivity index (χ2v) is 4.43. The minimum atomic E-state index is -0.511. The van der Waals surface area contributed by atoms with Gasteiger partial charge in [0.15, 0.2) is 6.61 Å². The maximum Gasteiger partial charge on any atom is 0.264 e. The molecule has 0 saturated carbocycles. The van der Waals surface area contributed by atoms with Gasteiger partial charge >= 0.3 is 0 Å². The van der Waals surface area contributed by atoms with E-state index < -0.39 is 5.91 Å². The highest BCUT2D eigenvalue weighted by Gasteiger charge is 2.09. The fourth-order valence-corrected chi connectivity index (χ4v) is 1.82. The number of hydrogen-bond acceptors (Lipinski definition) is 6. The number of benzene rings is 1. The molecule has 0 aliphatic heterocycles. The molecule has 0 spiro atoms. The van der Waals surface area contributed by atoms with Crippen molar-refractivity contribution in [3.05, 3.63) is 60.2 Å². The van der Waals surface area contributed by atoms with Crippen LogP contribution in [0.5, 0.6) is 5.75 Å². The number of amides is 1. The van der Waals surface area contributed by atoms with Crippen LogP contribution >= 0.6 is 0 Å². The minimum Gasteiger partial charge on any atom is -0.484 e. The Bertz CT molecular complexity index is 786. The highest BCUT2D eigenvalue weighted by atomic mass is 16.5. The van der Waals surface area contributed by atoms with Crippen molar-refractivity contribution in [2.75, 3.05) is 0 Å². The molecule has 0 fully saturated rings. The summed E-state index contributed by atoms with van der Waals surface area (Å²) < 4.78 is 10.6. The zero-order chi connectivity index (χ0) is 15.4. The Balaban J connectivity index is 1.69. The van der Waals surface area contributed by atoms with Gasteiger partial charge in [-0.3, -0.25) is 9.78 Å². The molecule has 7 nitrogen and oxygen atoms in total. The van der Waals surface area contributed by atoms with Crippen LogP contribution in [0.1, 0.15) is 16.2 Å². The molecule has 3 aromatic rings. The number of pyridine rings is 1. The molecule has 0 atom stereocenters. The predicted molar refractivity (Wildman–Crippen MR) is 76.8 cm³/mol. The fraction of sp³-hybridized carbons (Fsp3) is 0.0667. The van der Waals surface area contributed by atoms with Crippen molar-refractivity contribution in [1.82, 2.24) is 15.1 Å². The third-order valence-electron chi connectivity index (χ3n) is 2.89. The molecule has 1 aromatic carbocycles. The van der Waals surface area contributed by atoms with E-state index in [1.807, 2.05) is 0 Å². The van der Waals surface area contributed by atoms with Gasteiger partial charge in [0.1, 0.15) is 5.75 Å².